The molecule has 4 heteroatoms. The first-order chi connectivity index (χ1) is 17.6. The van der Waals surface area contributed by atoms with Crippen LogP contribution in [0.2, 0.25) is 0 Å². The molecule has 4 nitrogen and oxygen atoms in total. The molecule has 3 heterocycles. The van der Waals surface area contributed by atoms with Crippen molar-refractivity contribution >= 4 is 17.3 Å². The monoisotopic (exact) mass is 473 g/mol. The maximum atomic E-state index is 14.2. The van der Waals surface area contributed by atoms with Crippen molar-refractivity contribution in [2.75, 3.05) is 18.0 Å². The van der Waals surface area contributed by atoms with Gasteiger partial charge in [-0.2, -0.15) is 0 Å². The van der Waals surface area contributed by atoms with Crippen LogP contribution in [-0.2, 0) is 16.8 Å². The SMILES string of the molecule is Cc1cc(N2C(=O)C3(CCN(Cc4ncccc4C)CC3)c3ccccc32)ccc1-c1ccccc1. The third-order valence-corrected chi connectivity index (χ3v) is 8.03. The van der Waals surface area contributed by atoms with Crippen LogP contribution in [0.4, 0.5) is 11.4 Å². The number of amides is 1. The number of piperidine rings is 1. The van der Waals surface area contributed by atoms with E-state index in [2.05, 4.69) is 90.5 Å². The van der Waals surface area contributed by atoms with Crippen LogP contribution in [0.3, 0.4) is 0 Å². The topological polar surface area (TPSA) is 36.4 Å². The number of para-hydroxylation sites is 1. The van der Waals surface area contributed by atoms with Gasteiger partial charge in [-0.15, -0.1) is 0 Å². The molecule has 0 unspecified atom stereocenters. The van der Waals surface area contributed by atoms with Crippen LogP contribution in [0.25, 0.3) is 11.1 Å². The zero-order chi connectivity index (χ0) is 24.7. The van der Waals surface area contributed by atoms with Crippen LogP contribution < -0.4 is 4.90 Å². The Morgan fingerprint density at radius 3 is 2.33 bits per heavy atom. The van der Waals surface area contributed by atoms with Crippen molar-refractivity contribution in [1.82, 2.24) is 9.88 Å². The third-order valence-electron chi connectivity index (χ3n) is 8.03. The summed E-state index contributed by atoms with van der Waals surface area (Å²) in [6, 6.07) is 29.3. The fourth-order valence-corrected chi connectivity index (χ4v) is 5.97. The Labute approximate surface area is 213 Å². The van der Waals surface area contributed by atoms with Gasteiger partial charge in [0.15, 0.2) is 0 Å². The van der Waals surface area contributed by atoms with Crippen LogP contribution in [-0.4, -0.2) is 28.9 Å². The highest BCUT2D eigenvalue weighted by Crippen LogP contribution is 2.51. The second-order valence-electron chi connectivity index (χ2n) is 10.1. The normalized spacial score (nSPS) is 16.9. The maximum absolute atomic E-state index is 14.2. The van der Waals surface area contributed by atoms with Crippen molar-refractivity contribution < 1.29 is 4.79 Å². The lowest BCUT2D eigenvalue weighted by atomic mass is 9.73. The number of aromatic nitrogens is 1. The highest BCUT2D eigenvalue weighted by molar-refractivity contribution is 6.13. The van der Waals surface area contributed by atoms with Gasteiger partial charge >= 0.3 is 0 Å². The molecule has 0 saturated carbocycles. The van der Waals surface area contributed by atoms with Gasteiger partial charge in [-0.1, -0.05) is 60.7 Å². The first-order valence-corrected chi connectivity index (χ1v) is 12.8. The number of nitrogens with zero attached hydrogens (tertiary/aromatic N) is 3. The fraction of sp³-hybridized carbons (Fsp3) is 0.250. The van der Waals surface area contributed by atoms with Crippen molar-refractivity contribution in [2.24, 2.45) is 0 Å². The molecule has 2 aliphatic heterocycles. The fourth-order valence-electron chi connectivity index (χ4n) is 5.97. The quantitative estimate of drug-likeness (QED) is 0.336. The van der Waals surface area contributed by atoms with Gasteiger partial charge in [0.1, 0.15) is 0 Å². The minimum Gasteiger partial charge on any atom is -0.297 e. The summed E-state index contributed by atoms with van der Waals surface area (Å²) in [7, 11) is 0. The summed E-state index contributed by atoms with van der Waals surface area (Å²) in [5.41, 5.74) is 8.62. The van der Waals surface area contributed by atoms with Crippen LogP contribution in [0.15, 0.2) is 91.1 Å². The molecule has 180 valence electrons. The molecule has 0 bridgehead atoms. The van der Waals surface area contributed by atoms with Crippen LogP contribution in [0.5, 0.6) is 0 Å². The number of pyridine rings is 1. The van der Waals surface area contributed by atoms with Gasteiger partial charge in [0, 0.05) is 18.4 Å². The molecule has 1 fully saturated rings. The van der Waals surface area contributed by atoms with Crippen molar-refractivity contribution in [3.05, 3.63) is 114 Å². The molecule has 1 saturated heterocycles. The maximum Gasteiger partial charge on any atom is 0.242 e. The number of benzene rings is 3. The smallest absolute Gasteiger partial charge is 0.242 e. The Bertz CT molecular complexity index is 1420. The van der Waals surface area contributed by atoms with Gasteiger partial charge in [-0.3, -0.25) is 19.6 Å². The van der Waals surface area contributed by atoms with E-state index in [1.165, 1.54) is 27.8 Å². The van der Waals surface area contributed by atoms with Crippen molar-refractivity contribution in [3.63, 3.8) is 0 Å². The molecule has 2 aliphatic rings. The predicted molar refractivity (Wildman–Crippen MR) is 145 cm³/mol. The van der Waals surface area contributed by atoms with E-state index in [0.717, 1.165) is 49.5 Å². The number of aryl methyl sites for hydroxylation is 2. The zero-order valence-electron chi connectivity index (χ0n) is 20.9. The van der Waals surface area contributed by atoms with Gasteiger partial charge in [-0.25, -0.2) is 0 Å². The number of hydrogen-bond donors (Lipinski definition) is 0. The Morgan fingerprint density at radius 1 is 0.833 bits per heavy atom. The minimum absolute atomic E-state index is 0.212. The molecule has 1 aromatic heterocycles. The molecule has 0 aliphatic carbocycles. The molecule has 3 aromatic carbocycles. The molecule has 36 heavy (non-hydrogen) atoms. The Hall–Kier alpha value is -3.76. The Balaban J connectivity index is 1.29. The molecular weight excluding hydrogens is 442 g/mol. The number of carbonyl (C=O) groups is 1. The van der Waals surface area contributed by atoms with Crippen LogP contribution in [0.1, 0.15) is 35.2 Å². The lowest BCUT2D eigenvalue weighted by Gasteiger charge is -2.38. The van der Waals surface area contributed by atoms with E-state index in [1.54, 1.807) is 0 Å². The standard InChI is InChI=1S/C32H31N3O/c1-23-9-8-18-33-29(23)22-34-19-16-32(17-20-34)28-12-6-7-13-30(28)35(31(32)36)26-14-15-27(24(2)21-26)25-10-4-3-5-11-25/h3-15,18,21H,16-17,19-20,22H2,1-2H3. The largest absolute Gasteiger partial charge is 0.297 e. The summed E-state index contributed by atoms with van der Waals surface area (Å²) >= 11 is 0. The highest BCUT2D eigenvalue weighted by atomic mass is 16.2. The molecule has 4 aromatic rings. The van der Waals surface area contributed by atoms with Gasteiger partial charge in [-0.05, 0) is 91.9 Å². The Kier molecular flexibility index (Phi) is 5.69. The van der Waals surface area contributed by atoms with Gasteiger partial charge in [0.05, 0.1) is 16.8 Å². The second kappa shape index (κ2) is 9.03. The molecule has 0 N–H and O–H groups in total. The number of hydrogen-bond acceptors (Lipinski definition) is 3. The summed E-state index contributed by atoms with van der Waals surface area (Å²) in [5, 5.41) is 0. The summed E-state index contributed by atoms with van der Waals surface area (Å²) in [5.74, 6) is 0.212. The molecule has 0 atom stereocenters. The van der Waals surface area contributed by atoms with Gasteiger partial charge in [0.2, 0.25) is 5.91 Å². The average Bonchev–Trinajstić information content (AvgIpc) is 3.14. The Morgan fingerprint density at radius 2 is 1.58 bits per heavy atom. The van der Waals surface area contributed by atoms with Crippen LogP contribution in [0, 0.1) is 13.8 Å². The van der Waals surface area contributed by atoms with E-state index in [0.29, 0.717) is 0 Å². The highest BCUT2D eigenvalue weighted by Gasteiger charge is 2.52. The summed E-state index contributed by atoms with van der Waals surface area (Å²) < 4.78 is 0. The van der Waals surface area contributed by atoms with E-state index >= 15 is 0 Å². The van der Waals surface area contributed by atoms with Crippen LogP contribution >= 0.6 is 0 Å². The second-order valence-corrected chi connectivity index (χ2v) is 10.1. The summed E-state index contributed by atoms with van der Waals surface area (Å²) in [4.78, 5) is 23.2. The first kappa shape index (κ1) is 22.7. The number of carbonyl (C=O) groups excluding carboxylic acids is 1. The van der Waals surface area contributed by atoms with E-state index in [1.807, 2.05) is 29.3 Å². The molecule has 1 amide bonds. The van der Waals surface area contributed by atoms with Crippen molar-refractivity contribution in [2.45, 2.75) is 38.6 Å². The average molecular weight is 474 g/mol. The molecule has 1 spiro atoms. The molecule has 6 rings (SSSR count). The van der Waals surface area contributed by atoms with E-state index in [9.17, 15) is 4.79 Å². The van der Waals surface area contributed by atoms with Crippen molar-refractivity contribution in [3.8, 4) is 11.1 Å². The van der Waals surface area contributed by atoms with E-state index < -0.39 is 5.41 Å². The number of fused-ring (bicyclic) bond motifs is 2. The van der Waals surface area contributed by atoms with Crippen molar-refractivity contribution in [1.29, 1.82) is 0 Å². The summed E-state index contributed by atoms with van der Waals surface area (Å²) in [6.45, 7) is 6.86. The predicted octanol–water partition coefficient (Wildman–Crippen LogP) is 6.58. The summed E-state index contributed by atoms with van der Waals surface area (Å²) in [6.07, 6.45) is 3.52. The zero-order valence-corrected chi connectivity index (χ0v) is 20.9. The lowest BCUT2D eigenvalue weighted by Crippen LogP contribution is -2.47. The third kappa shape index (κ3) is 3.73. The van der Waals surface area contributed by atoms with E-state index in [4.69, 9.17) is 0 Å². The van der Waals surface area contributed by atoms with E-state index in [-0.39, 0.29) is 5.91 Å². The lowest BCUT2D eigenvalue weighted by molar-refractivity contribution is -0.124. The van der Waals surface area contributed by atoms with Gasteiger partial charge < -0.3 is 0 Å². The number of likely N-dealkylation sites (tertiary alicyclic amines) is 1. The number of anilines is 2. The number of rotatable bonds is 4. The van der Waals surface area contributed by atoms with Gasteiger partial charge in [0.25, 0.3) is 0 Å². The molecule has 0 radical (unpaired) electrons. The first-order valence-electron chi connectivity index (χ1n) is 12.8. The minimum atomic E-state index is -0.460. The molecular formula is C32H31N3O.